The first-order valence-corrected chi connectivity index (χ1v) is 12.6. The molecule has 0 radical (unpaired) electrons. The normalized spacial score (nSPS) is 15.9. The van der Waals surface area contributed by atoms with Gasteiger partial charge in [0, 0.05) is 18.8 Å². The zero-order valence-electron chi connectivity index (χ0n) is 17.4. The Morgan fingerprint density at radius 3 is 2.36 bits per heavy atom. The number of anilines is 1. The highest BCUT2D eigenvalue weighted by Gasteiger charge is 2.36. The molecule has 33 heavy (non-hydrogen) atoms. The van der Waals surface area contributed by atoms with E-state index in [1.807, 2.05) is 6.07 Å². The minimum Gasteiger partial charge on any atom is -0.325 e. The number of rotatable bonds is 5. The minimum atomic E-state index is -3.57. The highest BCUT2D eigenvalue weighted by molar-refractivity contribution is 7.91. The first-order valence-electron chi connectivity index (χ1n) is 10.2. The van der Waals surface area contributed by atoms with Crippen LogP contribution in [0.15, 0.2) is 64.2 Å². The van der Waals surface area contributed by atoms with E-state index in [9.17, 15) is 22.8 Å². The van der Waals surface area contributed by atoms with Gasteiger partial charge in [-0.05, 0) is 53.3 Å². The lowest BCUT2D eigenvalue weighted by Gasteiger charge is -2.28. The van der Waals surface area contributed by atoms with Gasteiger partial charge in [-0.1, -0.05) is 24.3 Å². The minimum absolute atomic E-state index is 0.206. The third-order valence-corrected chi connectivity index (χ3v) is 8.95. The summed E-state index contributed by atoms with van der Waals surface area (Å²) in [5.74, 6) is -1.50. The predicted octanol–water partition coefficient (Wildman–Crippen LogP) is 2.73. The molecule has 0 fully saturated rings. The summed E-state index contributed by atoms with van der Waals surface area (Å²) in [6.45, 7) is 0.193. The zero-order valence-corrected chi connectivity index (χ0v) is 19.0. The van der Waals surface area contributed by atoms with E-state index in [2.05, 4.69) is 5.32 Å². The Balaban J connectivity index is 1.29. The van der Waals surface area contributed by atoms with Crippen LogP contribution in [-0.4, -0.2) is 48.4 Å². The number of imide groups is 1. The van der Waals surface area contributed by atoms with Crippen molar-refractivity contribution in [3.8, 4) is 0 Å². The number of fused-ring (bicyclic) bond motifs is 2. The van der Waals surface area contributed by atoms with E-state index in [1.165, 1.54) is 15.6 Å². The molecular weight excluding hydrogens is 462 g/mol. The van der Waals surface area contributed by atoms with Gasteiger partial charge in [0.15, 0.2) is 0 Å². The van der Waals surface area contributed by atoms with Crippen molar-refractivity contribution in [3.05, 3.63) is 82.2 Å². The molecule has 1 N–H and O–H groups in total. The summed E-state index contributed by atoms with van der Waals surface area (Å²) in [6, 6.07) is 15.1. The molecule has 0 saturated heterocycles. The Kier molecular flexibility index (Phi) is 5.35. The maximum atomic E-state index is 12.9. The molecule has 3 amide bonds. The van der Waals surface area contributed by atoms with Crippen LogP contribution >= 0.6 is 11.3 Å². The van der Waals surface area contributed by atoms with E-state index in [0.717, 1.165) is 16.0 Å². The molecule has 2 aromatic carbocycles. The van der Waals surface area contributed by atoms with Crippen molar-refractivity contribution in [2.24, 2.45) is 0 Å². The Morgan fingerprint density at radius 1 is 0.970 bits per heavy atom. The largest absolute Gasteiger partial charge is 0.325 e. The summed E-state index contributed by atoms with van der Waals surface area (Å²) in [5, 5.41) is 4.45. The first kappa shape index (κ1) is 21.5. The highest BCUT2D eigenvalue weighted by Crippen LogP contribution is 2.29. The summed E-state index contributed by atoms with van der Waals surface area (Å²) in [5.41, 5.74) is 2.88. The maximum absolute atomic E-state index is 12.9. The quantitative estimate of drug-likeness (QED) is 0.565. The number of amides is 3. The van der Waals surface area contributed by atoms with Gasteiger partial charge < -0.3 is 5.32 Å². The van der Waals surface area contributed by atoms with Crippen molar-refractivity contribution in [3.63, 3.8) is 0 Å². The summed E-state index contributed by atoms with van der Waals surface area (Å²) >= 11 is 1.18. The van der Waals surface area contributed by atoms with E-state index in [-0.39, 0.29) is 17.7 Å². The standard InChI is InChI=1S/C23H19N3O5S2/c27-20(14-26-22(28)18-4-1-2-5-19(18)23(26)29)24-17-8-7-15-9-10-25(13-16(15)12-17)33(30,31)21-6-3-11-32-21/h1-8,11-12H,9-10,13-14H2,(H,24,27). The molecule has 0 spiro atoms. The van der Waals surface area contributed by atoms with Gasteiger partial charge in [-0.3, -0.25) is 19.3 Å². The second-order valence-electron chi connectivity index (χ2n) is 7.79. The van der Waals surface area contributed by atoms with Crippen molar-refractivity contribution >= 4 is 44.8 Å². The van der Waals surface area contributed by atoms with E-state index >= 15 is 0 Å². The Hall–Kier alpha value is -3.34. The molecule has 3 heterocycles. The topological polar surface area (TPSA) is 104 Å². The van der Waals surface area contributed by atoms with Gasteiger partial charge in [-0.15, -0.1) is 11.3 Å². The molecule has 2 aliphatic heterocycles. The third kappa shape index (κ3) is 3.86. The van der Waals surface area contributed by atoms with Gasteiger partial charge in [-0.2, -0.15) is 4.31 Å². The number of carbonyl (C=O) groups excluding carboxylic acids is 3. The van der Waals surface area contributed by atoms with E-state index < -0.39 is 34.3 Å². The van der Waals surface area contributed by atoms with Crippen molar-refractivity contribution in [1.29, 1.82) is 0 Å². The van der Waals surface area contributed by atoms with Crippen LogP contribution in [0.2, 0.25) is 0 Å². The third-order valence-electron chi connectivity index (χ3n) is 5.74. The number of benzene rings is 2. The van der Waals surface area contributed by atoms with Crippen molar-refractivity contribution in [1.82, 2.24) is 9.21 Å². The smallest absolute Gasteiger partial charge is 0.262 e. The summed E-state index contributed by atoms with van der Waals surface area (Å²) in [7, 11) is -3.57. The Bertz CT molecular complexity index is 1350. The number of nitrogens with zero attached hydrogens (tertiary/aromatic N) is 2. The number of thiophene rings is 1. The summed E-state index contributed by atoms with van der Waals surface area (Å²) in [4.78, 5) is 38.5. The van der Waals surface area contributed by atoms with Crippen molar-refractivity contribution in [2.75, 3.05) is 18.4 Å². The van der Waals surface area contributed by atoms with Gasteiger partial charge in [0.05, 0.1) is 11.1 Å². The highest BCUT2D eigenvalue weighted by atomic mass is 32.2. The zero-order chi connectivity index (χ0) is 23.2. The molecule has 0 atom stereocenters. The molecule has 0 aliphatic carbocycles. The summed E-state index contributed by atoms with van der Waals surface area (Å²) < 4.78 is 27.5. The van der Waals surface area contributed by atoms with Crippen molar-refractivity contribution < 1.29 is 22.8 Å². The molecule has 5 rings (SSSR count). The fourth-order valence-electron chi connectivity index (χ4n) is 4.08. The molecule has 2 aliphatic rings. The number of sulfonamides is 1. The van der Waals surface area contributed by atoms with Gasteiger partial charge in [0.25, 0.3) is 21.8 Å². The van der Waals surface area contributed by atoms with Crippen molar-refractivity contribution in [2.45, 2.75) is 17.2 Å². The molecule has 1 aromatic heterocycles. The van der Waals surface area contributed by atoms with Crippen LogP contribution in [0, 0.1) is 0 Å². The van der Waals surface area contributed by atoms with Gasteiger partial charge in [0.2, 0.25) is 5.91 Å². The fourth-order valence-corrected chi connectivity index (χ4v) is 6.64. The van der Waals surface area contributed by atoms with Crippen LogP contribution in [-0.2, 0) is 27.8 Å². The number of hydrogen-bond donors (Lipinski definition) is 1. The fraction of sp³-hybridized carbons (Fsp3) is 0.174. The molecular formula is C23H19N3O5S2. The van der Waals surface area contributed by atoms with Gasteiger partial charge in [0.1, 0.15) is 10.8 Å². The monoisotopic (exact) mass is 481 g/mol. The lowest BCUT2D eigenvalue weighted by molar-refractivity contribution is -0.116. The predicted molar refractivity (Wildman–Crippen MR) is 122 cm³/mol. The SMILES string of the molecule is O=C(CN1C(=O)c2ccccc2C1=O)Nc1ccc2c(c1)CN(S(=O)(=O)c1cccs1)CC2. The average molecular weight is 482 g/mol. The van der Waals surface area contributed by atoms with E-state index in [1.54, 1.807) is 53.9 Å². The second-order valence-corrected chi connectivity index (χ2v) is 10.9. The van der Waals surface area contributed by atoms with Crippen LogP contribution < -0.4 is 5.32 Å². The maximum Gasteiger partial charge on any atom is 0.262 e. The van der Waals surface area contributed by atoms with Gasteiger partial charge >= 0.3 is 0 Å². The Labute approximate surface area is 194 Å². The second kappa shape index (κ2) is 8.22. The molecule has 0 unspecified atom stereocenters. The van der Waals surface area contributed by atoms with Crippen LogP contribution in [0.5, 0.6) is 0 Å². The lowest BCUT2D eigenvalue weighted by atomic mass is 10.0. The first-order chi connectivity index (χ1) is 15.8. The number of hydrogen-bond acceptors (Lipinski definition) is 6. The van der Waals surface area contributed by atoms with E-state index in [4.69, 9.17) is 0 Å². The van der Waals surface area contributed by atoms with Crippen LogP contribution in [0.3, 0.4) is 0 Å². The lowest BCUT2D eigenvalue weighted by Crippen LogP contribution is -2.37. The average Bonchev–Trinajstić information content (AvgIpc) is 3.44. The van der Waals surface area contributed by atoms with E-state index in [0.29, 0.717) is 22.9 Å². The molecule has 168 valence electrons. The molecule has 0 saturated carbocycles. The van der Waals surface area contributed by atoms with Crippen LogP contribution in [0.1, 0.15) is 31.8 Å². The molecule has 0 bridgehead atoms. The molecule has 3 aromatic rings. The summed E-state index contributed by atoms with van der Waals surface area (Å²) in [6.07, 6.45) is 0.573. The number of nitrogens with one attached hydrogen (secondary N) is 1. The van der Waals surface area contributed by atoms with Crippen LogP contribution in [0.4, 0.5) is 5.69 Å². The Morgan fingerprint density at radius 2 is 1.70 bits per heavy atom. The molecule has 10 heteroatoms. The number of carbonyl (C=O) groups is 3. The van der Waals surface area contributed by atoms with Gasteiger partial charge in [-0.25, -0.2) is 8.42 Å². The van der Waals surface area contributed by atoms with Crippen LogP contribution in [0.25, 0.3) is 0 Å². The molecule has 8 nitrogen and oxygen atoms in total.